The number of benzene rings is 1. The molecule has 1 aromatic heterocycles. The summed E-state index contributed by atoms with van der Waals surface area (Å²) in [6.45, 7) is 4.46. The van der Waals surface area contributed by atoms with E-state index in [1.165, 1.54) is 12.0 Å². The van der Waals surface area contributed by atoms with Crippen molar-refractivity contribution in [1.29, 1.82) is 0 Å². The molecule has 204 valence electrons. The van der Waals surface area contributed by atoms with Gasteiger partial charge in [-0.15, -0.1) is 0 Å². The van der Waals surface area contributed by atoms with Crippen LogP contribution in [0, 0.1) is 11.8 Å². The Hall–Kier alpha value is -3.52. The second-order valence-corrected chi connectivity index (χ2v) is 11.6. The molecular weight excluding hydrogens is 492 g/mol. The van der Waals surface area contributed by atoms with Gasteiger partial charge in [-0.3, -0.25) is 19.4 Å². The molecule has 3 aliphatic heterocycles. The summed E-state index contributed by atoms with van der Waals surface area (Å²) in [7, 11) is 0. The van der Waals surface area contributed by atoms with E-state index in [9.17, 15) is 14.4 Å². The van der Waals surface area contributed by atoms with E-state index in [4.69, 9.17) is 4.74 Å². The number of anilines is 1. The Bertz CT molecular complexity index is 1270. The van der Waals surface area contributed by atoms with Crippen molar-refractivity contribution in [2.24, 2.45) is 11.8 Å². The zero-order valence-corrected chi connectivity index (χ0v) is 22.5. The highest BCUT2D eigenvalue weighted by Crippen LogP contribution is 2.55. The van der Waals surface area contributed by atoms with Gasteiger partial charge in [-0.25, -0.2) is 0 Å². The first-order valence-corrected chi connectivity index (χ1v) is 14.1. The third-order valence-electron chi connectivity index (χ3n) is 8.80. The summed E-state index contributed by atoms with van der Waals surface area (Å²) in [5, 5.41) is 6.23. The van der Waals surface area contributed by atoms with Gasteiger partial charge in [0.05, 0.1) is 17.9 Å². The van der Waals surface area contributed by atoms with Gasteiger partial charge in [0.2, 0.25) is 17.7 Å². The standard InChI is InChI=1S/C31H36N4O4/c1-19(2)21-10-12-23(13-11-21)33-28(36)25-24-14-15-31(39-24)26(25)30(38)35(18-20-7-6-16-32-17-20)27(31)29(37)34-22-8-4-3-5-9-22/h6-7,10-17,19,22,24-27H,3-5,8-9,18H2,1-2H3,(H,33,36)(H,34,37)/t24-,25?,26-,27?,31?/m1/s1. The Labute approximate surface area is 229 Å². The molecule has 1 spiro atoms. The van der Waals surface area contributed by atoms with E-state index < -0.39 is 29.6 Å². The third-order valence-corrected chi connectivity index (χ3v) is 8.80. The van der Waals surface area contributed by atoms with Gasteiger partial charge in [0.25, 0.3) is 0 Å². The van der Waals surface area contributed by atoms with Crippen LogP contribution in [0.5, 0.6) is 0 Å². The smallest absolute Gasteiger partial charge is 0.246 e. The summed E-state index contributed by atoms with van der Waals surface area (Å²) in [4.78, 5) is 47.5. The van der Waals surface area contributed by atoms with Crippen LogP contribution >= 0.6 is 0 Å². The lowest BCUT2D eigenvalue weighted by molar-refractivity contribution is -0.142. The highest BCUT2D eigenvalue weighted by atomic mass is 16.5. The number of aromatic nitrogens is 1. The van der Waals surface area contributed by atoms with Crippen LogP contribution < -0.4 is 10.6 Å². The number of pyridine rings is 1. The number of nitrogens with zero attached hydrogens (tertiary/aromatic N) is 2. The first-order chi connectivity index (χ1) is 18.9. The molecule has 4 aliphatic rings. The lowest BCUT2D eigenvalue weighted by Gasteiger charge is -2.34. The highest BCUT2D eigenvalue weighted by molar-refractivity contribution is 6.02. The quantitative estimate of drug-likeness (QED) is 0.530. The maximum Gasteiger partial charge on any atom is 0.246 e. The van der Waals surface area contributed by atoms with Crippen molar-refractivity contribution in [2.45, 2.75) is 82.2 Å². The number of hydrogen-bond donors (Lipinski definition) is 2. The molecule has 39 heavy (non-hydrogen) atoms. The predicted octanol–water partition coefficient (Wildman–Crippen LogP) is 3.94. The monoisotopic (exact) mass is 528 g/mol. The van der Waals surface area contributed by atoms with Crippen LogP contribution in [0.2, 0.25) is 0 Å². The minimum absolute atomic E-state index is 0.0903. The van der Waals surface area contributed by atoms with E-state index in [2.05, 4.69) is 29.5 Å². The Morgan fingerprint density at radius 2 is 1.87 bits per heavy atom. The summed E-state index contributed by atoms with van der Waals surface area (Å²) in [6, 6.07) is 10.7. The molecular formula is C31H36N4O4. The van der Waals surface area contributed by atoms with E-state index in [1.807, 2.05) is 48.6 Å². The molecule has 3 amide bonds. The number of hydrogen-bond acceptors (Lipinski definition) is 5. The molecule has 2 bridgehead atoms. The molecule has 3 unspecified atom stereocenters. The molecule has 8 nitrogen and oxygen atoms in total. The van der Waals surface area contributed by atoms with Crippen LogP contribution in [-0.4, -0.2) is 51.4 Å². The fraction of sp³-hybridized carbons (Fsp3) is 0.484. The lowest BCUT2D eigenvalue weighted by atomic mass is 9.74. The van der Waals surface area contributed by atoms with Crippen LogP contribution in [0.3, 0.4) is 0 Å². The summed E-state index contributed by atoms with van der Waals surface area (Å²) in [5.74, 6) is -1.83. The molecule has 2 saturated heterocycles. The zero-order chi connectivity index (χ0) is 27.1. The van der Waals surface area contributed by atoms with Gasteiger partial charge in [-0.1, -0.05) is 63.5 Å². The van der Waals surface area contributed by atoms with Crippen molar-refractivity contribution in [3.05, 3.63) is 72.1 Å². The summed E-state index contributed by atoms with van der Waals surface area (Å²) >= 11 is 0. The van der Waals surface area contributed by atoms with E-state index in [0.717, 1.165) is 31.2 Å². The third kappa shape index (κ3) is 4.54. The van der Waals surface area contributed by atoms with Crippen LogP contribution in [0.4, 0.5) is 5.69 Å². The first kappa shape index (κ1) is 25.7. The van der Waals surface area contributed by atoms with Gasteiger partial charge in [-0.05, 0) is 48.1 Å². The number of fused-ring (bicyclic) bond motifs is 1. The van der Waals surface area contributed by atoms with Crippen molar-refractivity contribution >= 4 is 23.4 Å². The average molecular weight is 529 g/mol. The van der Waals surface area contributed by atoms with Crippen LogP contribution in [0.1, 0.15) is 63.0 Å². The minimum Gasteiger partial charge on any atom is -0.359 e. The Morgan fingerprint density at radius 3 is 2.56 bits per heavy atom. The summed E-state index contributed by atoms with van der Waals surface area (Å²) < 4.78 is 6.46. The van der Waals surface area contributed by atoms with Crippen LogP contribution in [-0.2, 0) is 25.7 Å². The van der Waals surface area contributed by atoms with Crippen molar-refractivity contribution in [2.75, 3.05) is 5.32 Å². The number of carbonyl (C=O) groups excluding carboxylic acids is 3. The van der Waals surface area contributed by atoms with Crippen molar-refractivity contribution in [1.82, 2.24) is 15.2 Å². The average Bonchev–Trinajstić information content (AvgIpc) is 3.58. The molecule has 5 atom stereocenters. The number of ether oxygens (including phenoxy) is 1. The van der Waals surface area contributed by atoms with E-state index in [0.29, 0.717) is 11.6 Å². The molecule has 2 aromatic rings. The van der Waals surface area contributed by atoms with Crippen molar-refractivity contribution < 1.29 is 19.1 Å². The Kier molecular flexibility index (Phi) is 6.75. The maximum atomic E-state index is 14.1. The number of amides is 3. The predicted molar refractivity (Wildman–Crippen MR) is 146 cm³/mol. The Morgan fingerprint density at radius 1 is 1.10 bits per heavy atom. The van der Waals surface area contributed by atoms with Gasteiger partial charge in [-0.2, -0.15) is 0 Å². The molecule has 6 rings (SSSR count). The molecule has 4 heterocycles. The largest absolute Gasteiger partial charge is 0.359 e. The van der Waals surface area contributed by atoms with E-state index in [1.54, 1.807) is 17.3 Å². The summed E-state index contributed by atoms with van der Waals surface area (Å²) in [5.41, 5.74) is 1.51. The maximum absolute atomic E-state index is 14.1. The molecule has 1 aromatic carbocycles. The Balaban J connectivity index is 1.29. The summed E-state index contributed by atoms with van der Waals surface area (Å²) in [6.07, 6.45) is 11.8. The van der Waals surface area contributed by atoms with Crippen molar-refractivity contribution in [3.63, 3.8) is 0 Å². The van der Waals surface area contributed by atoms with E-state index in [-0.39, 0.29) is 30.3 Å². The molecule has 1 aliphatic carbocycles. The number of nitrogens with one attached hydrogen (secondary N) is 2. The van der Waals surface area contributed by atoms with Gasteiger partial charge in [0, 0.05) is 30.7 Å². The lowest BCUT2D eigenvalue weighted by Crippen LogP contribution is -2.56. The minimum atomic E-state index is -1.17. The van der Waals surface area contributed by atoms with Gasteiger partial charge >= 0.3 is 0 Å². The van der Waals surface area contributed by atoms with Crippen molar-refractivity contribution in [3.8, 4) is 0 Å². The van der Waals surface area contributed by atoms with Gasteiger partial charge in [0.15, 0.2) is 0 Å². The van der Waals surface area contributed by atoms with Gasteiger partial charge in [0.1, 0.15) is 11.6 Å². The number of carbonyl (C=O) groups is 3. The molecule has 8 heteroatoms. The molecule has 0 radical (unpaired) electrons. The second kappa shape index (κ2) is 10.2. The van der Waals surface area contributed by atoms with Gasteiger partial charge < -0.3 is 20.3 Å². The van der Waals surface area contributed by atoms with Crippen LogP contribution in [0.25, 0.3) is 0 Å². The highest BCUT2D eigenvalue weighted by Gasteiger charge is 2.72. The fourth-order valence-electron chi connectivity index (χ4n) is 6.83. The fourth-order valence-corrected chi connectivity index (χ4v) is 6.83. The second-order valence-electron chi connectivity index (χ2n) is 11.6. The van der Waals surface area contributed by atoms with Crippen LogP contribution in [0.15, 0.2) is 60.9 Å². The number of likely N-dealkylation sites (tertiary alicyclic amines) is 1. The SMILES string of the molecule is CC(C)c1ccc(NC(=O)C2[C@H]3C=CC4(O3)C(C(=O)NC3CCCCC3)N(Cc3cccnc3)C(=O)[C@@H]24)cc1. The molecule has 3 fully saturated rings. The van der Waals surface area contributed by atoms with E-state index >= 15 is 0 Å². The molecule has 2 N–H and O–H groups in total. The topological polar surface area (TPSA) is 101 Å². The normalized spacial score (nSPS) is 29.6. The first-order valence-electron chi connectivity index (χ1n) is 14.1. The number of rotatable bonds is 7. The molecule has 1 saturated carbocycles. The zero-order valence-electron chi connectivity index (χ0n) is 22.5.